The number of nitrogens with one attached hydrogen (secondary N) is 1. The first-order valence-electron chi connectivity index (χ1n) is 11.6. The second kappa shape index (κ2) is 8.02. The van der Waals surface area contributed by atoms with E-state index in [-0.39, 0.29) is 29.1 Å². The highest BCUT2D eigenvalue weighted by molar-refractivity contribution is 6.30. The number of anilines is 1. The maximum atomic E-state index is 14.6. The first-order valence-corrected chi connectivity index (χ1v) is 12.0. The number of ether oxygens (including phenoxy) is 2. The van der Waals surface area contributed by atoms with Gasteiger partial charge in [0.25, 0.3) is 0 Å². The van der Waals surface area contributed by atoms with Gasteiger partial charge >= 0.3 is 0 Å². The summed E-state index contributed by atoms with van der Waals surface area (Å²) in [5.41, 5.74) is 10.9. The molecule has 1 saturated heterocycles. The zero-order chi connectivity index (χ0) is 23.6. The second-order valence-corrected chi connectivity index (χ2v) is 10.1. The number of halogens is 2. The van der Waals surface area contributed by atoms with E-state index in [1.165, 1.54) is 11.9 Å². The van der Waals surface area contributed by atoms with Gasteiger partial charge in [-0.15, -0.1) is 0 Å². The molecule has 3 aromatic rings. The number of benzene rings is 1. The number of rotatable bonds is 4. The number of hydrogen-bond donors (Lipinski definition) is 2. The molecule has 0 unspecified atom stereocenters. The smallest absolute Gasteiger partial charge is 0.164 e. The van der Waals surface area contributed by atoms with Crippen LogP contribution in [0.5, 0.6) is 0 Å². The van der Waals surface area contributed by atoms with Crippen molar-refractivity contribution in [3.8, 4) is 0 Å². The van der Waals surface area contributed by atoms with Crippen LogP contribution in [-0.2, 0) is 28.9 Å². The summed E-state index contributed by atoms with van der Waals surface area (Å²) in [5, 5.41) is 4.37. The fraction of sp³-hybridized carbons (Fsp3) is 0.440. The van der Waals surface area contributed by atoms with E-state index < -0.39 is 5.79 Å². The van der Waals surface area contributed by atoms with Gasteiger partial charge in [-0.05, 0) is 74.1 Å². The number of nitrogens with zero attached hydrogens (tertiary/aromatic N) is 3. The maximum Gasteiger partial charge on any atom is 0.164 e. The Bertz CT molecular complexity index is 1320. The third kappa shape index (κ3) is 3.51. The first kappa shape index (κ1) is 22.0. The fourth-order valence-electron chi connectivity index (χ4n) is 5.61. The molecule has 0 radical (unpaired) electrons. The number of aryl methyl sites for hydroxylation is 1. The van der Waals surface area contributed by atoms with Gasteiger partial charge in [0.05, 0.1) is 16.5 Å². The van der Waals surface area contributed by atoms with Gasteiger partial charge < -0.3 is 25.1 Å². The summed E-state index contributed by atoms with van der Waals surface area (Å²) in [6.45, 7) is 5.31. The van der Waals surface area contributed by atoms with E-state index in [2.05, 4.69) is 25.9 Å². The van der Waals surface area contributed by atoms with Gasteiger partial charge in [-0.25, -0.2) is 14.4 Å². The van der Waals surface area contributed by atoms with E-state index in [9.17, 15) is 4.39 Å². The zero-order valence-electron chi connectivity index (χ0n) is 19.1. The van der Waals surface area contributed by atoms with Crippen LogP contribution in [0.25, 0.3) is 11.0 Å². The van der Waals surface area contributed by atoms with E-state index in [1.54, 1.807) is 6.07 Å². The molecule has 4 heterocycles. The Hall–Kier alpha value is -2.52. The minimum absolute atomic E-state index is 0.0824. The van der Waals surface area contributed by atoms with Crippen molar-refractivity contribution < 1.29 is 13.9 Å². The van der Waals surface area contributed by atoms with Crippen molar-refractivity contribution in [3.05, 3.63) is 63.8 Å². The molecule has 1 fully saturated rings. The molecule has 178 valence electrons. The van der Waals surface area contributed by atoms with Crippen LogP contribution < -0.4 is 11.1 Å². The van der Waals surface area contributed by atoms with Crippen LogP contribution in [-0.4, -0.2) is 39.1 Å². The minimum Gasteiger partial charge on any atom is -0.383 e. The number of hydrogen-bond acceptors (Lipinski definition) is 6. The molecule has 1 aromatic carbocycles. The van der Waals surface area contributed by atoms with Gasteiger partial charge in [0.1, 0.15) is 35.8 Å². The predicted octanol–water partition coefficient (Wildman–Crippen LogP) is 4.09. The van der Waals surface area contributed by atoms with Crippen molar-refractivity contribution >= 4 is 28.5 Å². The number of nitrogen functional groups attached to an aromatic ring is 1. The topological polar surface area (TPSA) is 87.2 Å². The Balaban J connectivity index is 1.34. The predicted molar refractivity (Wildman–Crippen MR) is 128 cm³/mol. The van der Waals surface area contributed by atoms with Crippen molar-refractivity contribution in [1.82, 2.24) is 19.9 Å². The highest BCUT2D eigenvalue weighted by Crippen LogP contribution is 2.45. The van der Waals surface area contributed by atoms with Crippen LogP contribution in [0.1, 0.15) is 43.0 Å². The van der Waals surface area contributed by atoms with E-state index in [1.807, 2.05) is 26.1 Å². The number of aromatic nitrogens is 3. The highest BCUT2D eigenvalue weighted by Gasteiger charge is 2.50. The molecule has 0 spiro atoms. The monoisotopic (exact) mass is 483 g/mol. The van der Waals surface area contributed by atoms with E-state index >= 15 is 0 Å². The van der Waals surface area contributed by atoms with Crippen LogP contribution in [0.4, 0.5) is 10.2 Å². The van der Waals surface area contributed by atoms with E-state index in [0.29, 0.717) is 18.8 Å². The second-order valence-electron chi connectivity index (χ2n) is 9.69. The summed E-state index contributed by atoms with van der Waals surface area (Å²) >= 11 is 6.25. The lowest BCUT2D eigenvalue weighted by atomic mass is 9.91. The Labute approximate surface area is 202 Å². The SMILES string of the molecule is CC1(C)O[C@@H]2[C@H](O1)C(CCc1cc(Cl)c(F)c3c1CNCC3)=C[C@H]2n1ccc2c(N)ncnc21. The fourth-order valence-corrected chi connectivity index (χ4v) is 5.86. The van der Waals surface area contributed by atoms with Crippen molar-refractivity contribution in [2.24, 2.45) is 0 Å². The van der Waals surface area contributed by atoms with Crippen LogP contribution >= 0.6 is 11.6 Å². The molecule has 9 heteroatoms. The molecule has 0 saturated carbocycles. The normalized spacial score (nSPS) is 25.4. The average Bonchev–Trinajstić information content (AvgIpc) is 3.47. The number of nitrogens with two attached hydrogens (primary N) is 1. The third-order valence-corrected chi connectivity index (χ3v) is 7.42. The Kier molecular flexibility index (Phi) is 5.18. The Morgan fingerprint density at radius 1 is 1.26 bits per heavy atom. The summed E-state index contributed by atoms with van der Waals surface area (Å²) in [6.07, 6.45) is 7.51. The van der Waals surface area contributed by atoms with Crippen molar-refractivity contribution in [1.29, 1.82) is 0 Å². The largest absolute Gasteiger partial charge is 0.383 e. The molecule has 3 atom stereocenters. The first-order chi connectivity index (χ1) is 16.3. The van der Waals surface area contributed by atoms with Gasteiger partial charge in [-0.1, -0.05) is 17.7 Å². The van der Waals surface area contributed by atoms with E-state index in [4.69, 9.17) is 26.8 Å². The van der Waals surface area contributed by atoms with Crippen molar-refractivity contribution in [2.45, 2.75) is 63.7 Å². The molecule has 2 aromatic heterocycles. The van der Waals surface area contributed by atoms with Crippen molar-refractivity contribution in [2.75, 3.05) is 12.3 Å². The summed E-state index contributed by atoms with van der Waals surface area (Å²) in [7, 11) is 0. The molecule has 2 aliphatic heterocycles. The summed E-state index contributed by atoms with van der Waals surface area (Å²) in [4.78, 5) is 8.57. The molecule has 3 aliphatic rings. The number of fused-ring (bicyclic) bond motifs is 3. The van der Waals surface area contributed by atoms with Gasteiger partial charge in [-0.3, -0.25) is 0 Å². The lowest BCUT2D eigenvalue weighted by molar-refractivity contribution is -0.147. The minimum atomic E-state index is -0.688. The third-order valence-electron chi connectivity index (χ3n) is 7.14. The molecular weight excluding hydrogens is 457 g/mol. The molecule has 6 rings (SSSR count). The van der Waals surface area contributed by atoms with Gasteiger partial charge in [-0.2, -0.15) is 0 Å². The lowest BCUT2D eigenvalue weighted by Gasteiger charge is -2.23. The van der Waals surface area contributed by atoms with E-state index in [0.717, 1.165) is 47.1 Å². The standard InChI is InChI=1S/C25H27ClFN5O2/c1-25(2)33-21-14(4-3-13-9-18(26)20(27)15-5-7-29-11-17(13)15)10-19(22(21)34-25)32-8-6-16-23(28)30-12-31-24(16)32/h6,8-10,12,19,21-22,29H,3-5,7,11H2,1-2H3,(H2,28,30,31)/t19-,21-,22+/m1/s1. The van der Waals surface area contributed by atoms with Gasteiger partial charge in [0.15, 0.2) is 5.79 Å². The maximum absolute atomic E-state index is 14.6. The molecule has 0 amide bonds. The summed E-state index contributed by atoms with van der Waals surface area (Å²) in [5.74, 6) is -0.512. The quantitative estimate of drug-likeness (QED) is 0.544. The molecule has 7 nitrogen and oxygen atoms in total. The highest BCUT2D eigenvalue weighted by atomic mass is 35.5. The zero-order valence-corrected chi connectivity index (χ0v) is 19.9. The van der Waals surface area contributed by atoms with Crippen LogP contribution in [0.15, 0.2) is 36.3 Å². The van der Waals surface area contributed by atoms with Gasteiger partial charge in [0, 0.05) is 12.7 Å². The average molecular weight is 484 g/mol. The van der Waals surface area contributed by atoms with Crippen LogP contribution in [0.2, 0.25) is 5.02 Å². The van der Waals surface area contributed by atoms with Crippen molar-refractivity contribution in [3.63, 3.8) is 0 Å². The van der Waals surface area contributed by atoms with Crippen LogP contribution in [0.3, 0.4) is 0 Å². The Morgan fingerprint density at radius 2 is 2.12 bits per heavy atom. The van der Waals surface area contributed by atoms with Crippen LogP contribution in [0, 0.1) is 5.82 Å². The molecule has 1 aliphatic carbocycles. The summed E-state index contributed by atoms with van der Waals surface area (Å²) < 4.78 is 29.4. The molecule has 34 heavy (non-hydrogen) atoms. The molecule has 0 bridgehead atoms. The Morgan fingerprint density at radius 3 is 2.97 bits per heavy atom. The molecule has 3 N–H and O–H groups in total. The lowest BCUT2D eigenvalue weighted by Crippen LogP contribution is -2.28. The van der Waals surface area contributed by atoms with Gasteiger partial charge in [0.2, 0.25) is 0 Å². The molecular formula is C25H27ClFN5O2. The summed E-state index contributed by atoms with van der Waals surface area (Å²) in [6, 6.07) is 3.63.